The van der Waals surface area contributed by atoms with Crippen LogP contribution in [0.5, 0.6) is 0 Å². The Labute approximate surface area is 69.9 Å². The van der Waals surface area contributed by atoms with Crippen molar-refractivity contribution in [2.75, 3.05) is 6.26 Å². The topological polar surface area (TPSA) is 34.5 Å². The summed E-state index contributed by atoms with van der Waals surface area (Å²) in [7, 11) is 0. The average molecular weight is 167 g/mol. The van der Waals surface area contributed by atoms with E-state index in [2.05, 4.69) is 23.9 Å². The van der Waals surface area contributed by atoms with Crippen molar-refractivity contribution in [1.82, 2.24) is 5.48 Å². The molecule has 0 amide bonds. The van der Waals surface area contributed by atoms with E-state index in [4.69, 9.17) is 4.84 Å². The van der Waals surface area contributed by atoms with Gasteiger partial charge in [-0.15, -0.1) is 11.8 Å². The monoisotopic (exact) mass is 167 g/mol. The SMILES string of the molecule is CSc1ccccc1C1NO1. The van der Waals surface area contributed by atoms with Crippen molar-refractivity contribution in [3.63, 3.8) is 0 Å². The molecule has 1 aromatic rings. The van der Waals surface area contributed by atoms with E-state index < -0.39 is 0 Å². The summed E-state index contributed by atoms with van der Waals surface area (Å²) in [6.45, 7) is 0. The molecule has 1 saturated heterocycles. The molecule has 1 atom stereocenters. The summed E-state index contributed by atoms with van der Waals surface area (Å²) in [5.74, 6) is 0. The van der Waals surface area contributed by atoms with Gasteiger partial charge in [0.05, 0.1) is 0 Å². The van der Waals surface area contributed by atoms with Crippen molar-refractivity contribution in [1.29, 1.82) is 0 Å². The molecule has 1 aliphatic rings. The first-order valence-corrected chi connectivity index (χ1v) is 4.68. The maximum absolute atomic E-state index is 4.97. The summed E-state index contributed by atoms with van der Waals surface area (Å²) in [5.41, 5.74) is 4.05. The van der Waals surface area contributed by atoms with Gasteiger partial charge in [-0.05, 0) is 12.3 Å². The van der Waals surface area contributed by atoms with Gasteiger partial charge < -0.3 is 0 Å². The molecule has 0 radical (unpaired) electrons. The fourth-order valence-corrected chi connectivity index (χ4v) is 1.67. The Morgan fingerprint density at radius 3 is 2.82 bits per heavy atom. The highest BCUT2D eigenvalue weighted by Gasteiger charge is 2.26. The minimum Gasteiger partial charge on any atom is -0.273 e. The Morgan fingerprint density at radius 2 is 2.18 bits per heavy atom. The fourth-order valence-electron chi connectivity index (χ4n) is 1.04. The third-order valence-electron chi connectivity index (χ3n) is 1.66. The first-order valence-electron chi connectivity index (χ1n) is 3.46. The largest absolute Gasteiger partial charge is 0.273 e. The minimum absolute atomic E-state index is 0.138. The van der Waals surface area contributed by atoms with Crippen molar-refractivity contribution in [2.45, 2.75) is 11.1 Å². The van der Waals surface area contributed by atoms with Gasteiger partial charge in [0.25, 0.3) is 0 Å². The second kappa shape index (κ2) is 2.85. The lowest BCUT2D eigenvalue weighted by molar-refractivity contribution is 0.373. The van der Waals surface area contributed by atoms with Crippen LogP contribution in [0.15, 0.2) is 29.2 Å². The summed E-state index contributed by atoms with van der Waals surface area (Å²) >= 11 is 1.74. The highest BCUT2D eigenvalue weighted by atomic mass is 32.2. The molecule has 1 aliphatic heterocycles. The summed E-state index contributed by atoms with van der Waals surface area (Å²) in [4.78, 5) is 6.25. The molecule has 2 rings (SSSR count). The van der Waals surface area contributed by atoms with E-state index in [1.165, 1.54) is 10.5 Å². The van der Waals surface area contributed by atoms with Crippen LogP contribution in [0, 0.1) is 0 Å². The van der Waals surface area contributed by atoms with Gasteiger partial charge in [0.15, 0.2) is 6.23 Å². The second-order valence-electron chi connectivity index (χ2n) is 2.36. The van der Waals surface area contributed by atoms with Crippen LogP contribution in [0.25, 0.3) is 0 Å². The van der Waals surface area contributed by atoms with E-state index in [0.717, 1.165) is 0 Å². The number of hydroxylamine groups is 1. The number of hydrogen-bond acceptors (Lipinski definition) is 3. The Morgan fingerprint density at radius 1 is 1.45 bits per heavy atom. The quantitative estimate of drug-likeness (QED) is 0.540. The van der Waals surface area contributed by atoms with Crippen LogP contribution >= 0.6 is 11.8 Å². The molecule has 1 N–H and O–H groups in total. The smallest absolute Gasteiger partial charge is 0.177 e. The van der Waals surface area contributed by atoms with Crippen LogP contribution in [0.1, 0.15) is 11.8 Å². The highest BCUT2D eigenvalue weighted by Crippen LogP contribution is 2.31. The molecule has 0 saturated carbocycles. The van der Waals surface area contributed by atoms with Gasteiger partial charge in [-0.2, -0.15) is 5.48 Å². The number of nitrogens with one attached hydrogen (secondary N) is 1. The molecule has 11 heavy (non-hydrogen) atoms. The lowest BCUT2D eigenvalue weighted by Gasteiger charge is -2.00. The van der Waals surface area contributed by atoms with Crippen LogP contribution in [0.2, 0.25) is 0 Å². The molecule has 0 aliphatic carbocycles. The Hall–Kier alpha value is -0.510. The van der Waals surface area contributed by atoms with E-state index in [9.17, 15) is 0 Å². The zero-order valence-corrected chi connectivity index (χ0v) is 7.02. The molecule has 2 nitrogen and oxygen atoms in total. The lowest BCUT2D eigenvalue weighted by Crippen LogP contribution is -1.86. The van der Waals surface area contributed by atoms with Crippen LogP contribution < -0.4 is 5.48 Å². The molecule has 0 spiro atoms. The first-order chi connectivity index (χ1) is 5.42. The highest BCUT2D eigenvalue weighted by molar-refractivity contribution is 7.98. The van der Waals surface area contributed by atoms with E-state index >= 15 is 0 Å². The van der Waals surface area contributed by atoms with Gasteiger partial charge in [-0.25, -0.2) is 0 Å². The Balaban J connectivity index is 2.34. The van der Waals surface area contributed by atoms with Gasteiger partial charge in [-0.1, -0.05) is 18.2 Å². The van der Waals surface area contributed by atoms with Crippen LogP contribution in [-0.2, 0) is 4.84 Å². The minimum atomic E-state index is 0.138. The summed E-state index contributed by atoms with van der Waals surface area (Å²) in [6.07, 6.45) is 2.21. The third kappa shape index (κ3) is 1.40. The number of thioether (sulfide) groups is 1. The van der Waals surface area contributed by atoms with Gasteiger partial charge in [0.1, 0.15) is 0 Å². The average Bonchev–Trinajstić information content (AvgIpc) is 2.87. The van der Waals surface area contributed by atoms with Crippen molar-refractivity contribution in [2.24, 2.45) is 0 Å². The summed E-state index contributed by atoms with van der Waals surface area (Å²) in [6, 6.07) is 8.25. The molecule has 1 fully saturated rings. The van der Waals surface area contributed by atoms with Gasteiger partial charge in [0.2, 0.25) is 0 Å². The normalized spacial score (nSPS) is 21.7. The molecular formula is C8H9NOS. The molecule has 0 aromatic heterocycles. The van der Waals surface area contributed by atoms with Crippen molar-refractivity contribution < 1.29 is 4.84 Å². The lowest BCUT2D eigenvalue weighted by atomic mass is 10.2. The van der Waals surface area contributed by atoms with Gasteiger partial charge in [0, 0.05) is 10.5 Å². The molecule has 0 bridgehead atoms. The molecule has 1 aromatic carbocycles. The van der Waals surface area contributed by atoms with E-state index in [1.54, 1.807) is 11.8 Å². The van der Waals surface area contributed by atoms with Gasteiger partial charge in [-0.3, -0.25) is 4.84 Å². The van der Waals surface area contributed by atoms with E-state index in [-0.39, 0.29) is 6.23 Å². The molecule has 1 heterocycles. The number of benzene rings is 1. The predicted molar refractivity (Wildman–Crippen MR) is 45.2 cm³/mol. The zero-order chi connectivity index (χ0) is 7.68. The maximum Gasteiger partial charge on any atom is 0.177 e. The molecule has 3 heteroatoms. The van der Waals surface area contributed by atoms with Crippen molar-refractivity contribution in [3.05, 3.63) is 29.8 Å². The summed E-state index contributed by atoms with van der Waals surface area (Å²) in [5, 5.41) is 0. The molecule has 58 valence electrons. The van der Waals surface area contributed by atoms with Gasteiger partial charge >= 0.3 is 0 Å². The first kappa shape index (κ1) is 7.16. The van der Waals surface area contributed by atoms with E-state index in [0.29, 0.717) is 0 Å². The van der Waals surface area contributed by atoms with Crippen LogP contribution in [0.3, 0.4) is 0 Å². The fraction of sp³-hybridized carbons (Fsp3) is 0.250. The van der Waals surface area contributed by atoms with Crippen molar-refractivity contribution in [3.8, 4) is 0 Å². The maximum atomic E-state index is 4.97. The molecule has 1 unspecified atom stereocenters. The Kier molecular flexibility index (Phi) is 1.85. The van der Waals surface area contributed by atoms with Crippen molar-refractivity contribution >= 4 is 11.8 Å². The predicted octanol–water partition coefficient (Wildman–Crippen LogP) is 1.94. The zero-order valence-electron chi connectivity index (χ0n) is 6.20. The second-order valence-corrected chi connectivity index (χ2v) is 3.21. The standard InChI is InChI=1S/C8H9NOS/c1-11-7-5-3-2-4-6(7)8-9-10-8/h2-5,8-9H,1H3. The number of hydrogen-bond donors (Lipinski definition) is 1. The van der Waals surface area contributed by atoms with Crippen LogP contribution in [-0.4, -0.2) is 6.26 Å². The third-order valence-corrected chi connectivity index (χ3v) is 2.47. The summed E-state index contributed by atoms with van der Waals surface area (Å²) < 4.78 is 0. The number of rotatable bonds is 2. The Bertz CT molecular complexity index is 260. The van der Waals surface area contributed by atoms with E-state index in [1.807, 2.05) is 12.1 Å². The van der Waals surface area contributed by atoms with Crippen LogP contribution in [0.4, 0.5) is 0 Å². The molecular weight excluding hydrogens is 158 g/mol.